The van der Waals surface area contributed by atoms with Crippen molar-refractivity contribution in [2.45, 2.75) is 74.1 Å². The fraction of sp³-hybridized carbons (Fsp3) is 0.297. The van der Waals surface area contributed by atoms with Gasteiger partial charge in [-0.05, 0) is 105 Å². The van der Waals surface area contributed by atoms with Gasteiger partial charge in [-0.15, -0.1) is 0 Å². The Bertz CT molecular complexity index is 1360. The van der Waals surface area contributed by atoms with Crippen LogP contribution in [0.25, 0.3) is 5.57 Å². The molecule has 0 saturated heterocycles. The number of carbonyl (C=O) groups excluding carboxylic acids is 2. The molecule has 0 N–H and O–H groups in total. The van der Waals surface area contributed by atoms with E-state index in [0.717, 1.165) is 25.0 Å². The lowest BCUT2D eigenvalue weighted by Gasteiger charge is -2.14. The third-order valence-electron chi connectivity index (χ3n) is 6.52. The number of carbonyl (C=O) groups is 2. The molecule has 0 saturated carbocycles. The second kappa shape index (κ2) is 18.4. The van der Waals surface area contributed by atoms with E-state index in [9.17, 15) is 18.4 Å². The molecule has 0 spiro atoms. The van der Waals surface area contributed by atoms with Crippen molar-refractivity contribution in [1.29, 1.82) is 0 Å². The number of benzene rings is 2. The molecule has 0 aliphatic rings. The zero-order valence-electron chi connectivity index (χ0n) is 25.6. The van der Waals surface area contributed by atoms with E-state index >= 15 is 0 Å². The molecule has 0 amide bonds. The molecule has 4 heteroatoms. The van der Waals surface area contributed by atoms with Gasteiger partial charge in [0, 0.05) is 6.42 Å². The summed E-state index contributed by atoms with van der Waals surface area (Å²) >= 11 is 0. The molecule has 0 aliphatic carbocycles. The van der Waals surface area contributed by atoms with Gasteiger partial charge in [-0.3, -0.25) is 9.59 Å². The first-order valence-corrected chi connectivity index (χ1v) is 14.1. The number of hydrogen-bond acceptors (Lipinski definition) is 2. The van der Waals surface area contributed by atoms with Gasteiger partial charge in [-0.1, -0.05) is 86.7 Å². The molecular formula is C37H44F2O2. The Morgan fingerprint density at radius 1 is 0.927 bits per heavy atom. The summed E-state index contributed by atoms with van der Waals surface area (Å²) in [6.45, 7) is 17.9. The number of halogens is 2. The summed E-state index contributed by atoms with van der Waals surface area (Å²) in [5.74, 6) is -2.47. The van der Waals surface area contributed by atoms with Crippen LogP contribution in [-0.2, 0) is 22.4 Å². The molecule has 2 nitrogen and oxygen atoms in total. The van der Waals surface area contributed by atoms with Gasteiger partial charge in [0.1, 0.15) is 0 Å². The maximum Gasteiger partial charge on any atom is 0.166 e. The number of Topliss-reactive ketones (excluding diaryl/α,β-unsaturated/α-hetero) is 2. The fourth-order valence-corrected chi connectivity index (χ4v) is 4.11. The molecule has 41 heavy (non-hydrogen) atoms. The molecule has 2 aromatic rings. The molecule has 0 fully saturated rings. The van der Waals surface area contributed by atoms with Crippen LogP contribution in [-0.4, -0.2) is 11.6 Å². The smallest absolute Gasteiger partial charge is 0.166 e. The Kier molecular flexibility index (Phi) is 15.8. The van der Waals surface area contributed by atoms with Crippen LogP contribution in [0.4, 0.5) is 8.78 Å². The van der Waals surface area contributed by atoms with Crippen molar-refractivity contribution in [3.63, 3.8) is 0 Å². The van der Waals surface area contributed by atoms with Gasteiger partial charge in [-0.25, -0.2) is 8.78 Å². The lowest BCUT2D eigenvalue weighted by Crippen LogP contribution is -2.11. The predicted octanol–water partition coefficient (Wildman–Crippen LogP) is 10.1. The van der Waals surface area contributed by atoms with Crippen molar-refractivity contribution in [2.24, 2.45) is 0 Å². The first kappa shape index (κ1) is 35.1. The predicted molar refractivity (Wildman–Crippen MR) is 170 cm³/mol. The van der Waals surface area contributed by atoms with Gasteiger partial charge < -0.3 is 0 Å². The molecule has 0 radical (unpaired) electrons. The normalized spacial score (nSPS) is 12.1. The highest BCUT2D eigenvalue weighted by Crippen LogP contribution is 2.29. The van der Waals surface area contributed by atoms with Crippen molar-refractivity contribution in [3.05, 3.63) is 136 Å². The summed E-state index contributed by atoms with van der Waals surface area (Å²) < 4.78 is 25.8. The third-order valence-corrected chi connectivity index (χ3v) is 6.52. The second-order valence-corrected chi connectivity index (χ2v) is 9.78. The second-order valence-electron chi connectivity index (χ2n) is 9.78. The van der Waals surface area contributed by atoms with E-state index in [1.54, 1.807) is 19.1 Å². The summed E-state index contributed by atoms with van der Waals surface area (Å²) in [6.07, 6.45) is 13.7. The van der Waals surface area contributed by atoms with Crippen LogP contribution in [0.5, 0.6) is 0 Å². The number of rotatable bonds is 12. The van der Waals surface area contributed by atoms with Crippen LogP contribution in [0, 0.1) is 11.6 Å². The summed E-state index contributed by atoms with van der Waals surface area (Å²) in [7, 11) is 0. The minimum atomic E-state index is -0.939. The molecular weight excluding hydrogens is 514 g/mol. The van der Waals surface area contributed by atoms with Crippen LogP contribution in [0.2, 0.25) is 0 Å². The largest absolute Gasteiger partial charge is 0.294 e. The Morgan fingerprint density at radius 2 is 1.63 bits per heavy atom. The van der Waals surface area contributed by atoms with Gasteiger partial charge >= 0.3 is 0 Å². The summed E-state index contributed by atoms with van der Waals surface area (Å²) in [5.41, 5.74) is 8.53. The maximum atomic E-state index is 13.0. The minimum Gasteiger partial charge on any atom is -0.294 e. The lowest BCUT2D eigenvalue weighted by molar-refractivity contribution is -0.120. The van der Waals surface area contributed by atoms with Crippen LogP contribution < -0.4 is 0 Å². The van der Waals surface area contributed by atoms with Crippen molar-refractivity contribution in [1.82, 2.24) is 0 Å². The highest BCUT2D eigenvalue weighted by Gasteiger charge is 2.14. The van der Waals surface area contributed by atoms with Crippen molar-refractivity contribution in [2.75, 3.05) is 0 Å². The maximum absolute atomic E-state index is 13.0. The standard InChI is InChI=1S/C21H28.C16H16F2O2/c1-7-17(8-2)15-21(16(5)6)20(10-4)19-13-11-12-18(9-3)14-19;1-3-4-5-13(11(2)19)16(20)9-7-12-6-8-14(17)15(18)10-12/h7,10-15H,1,8-9H2,2-6H3;3-6,8,10H,7,9H2,1-2H3/b17-15+,20-10-;4-3-,13-5-. The van der Waals surface area contributed by atoms with E-state index < -0.39 is 11.6 Å². The molecule has 0 atom stereocenters. The van der Waals surface area contributed by atoms with Gasteiger partial charge in [-0.2, -0.15) is 0 Å². The average Bonchev–Trinajstić information content (AvgIpc) is 2.96. The quantitative estimate of drug-likeness (QED) is 0.112. The molecule has 0 unspecified atom stereocenters. The lowest BCUT2D eigenvalue weighted by atomic mass is 9.91. The molecule has 218 valence electrons. The minimum absolute atomic E-state index is 0.0774. The number of allylic oxidation sites excluding steroid dienone is 11. The summed E-state index contributed by atoms with van der Waals surface area (Å²) in [4.78, 5) is 23.3. The molecule has 0 aromatic heterocycles. The fourth-order valence-electron chi connectivity index (χ4n) is 4.11. The molecule has 0 heterocycles. The van der Waals surface area contributed by atoms with Crippen LogP contribution in [0.15, 0.2) is 108 Å². The number of hydrogen-bond donors (Lipinski definition) is 0. The van der Waals surface area contributed by atoms with Gasteiger partial charge in [0.2, 0.25) is 0 Å². The Morgan fingerprint density at radius 3 is 2.15 bits per heavy atom. The van der Waals surface area contributed by atoms with Crippen LogP contribution in [0.3, 0.4) is 0 Å². The van der Waals surface area contributed by atoms with E-state index in [-0.39, 0.29) is 30.0 Å². The number of aryl methyl sites for hydroxylation is 2. The molecule has 2 rings (SSSR count). The first-order valence-electron chi connectivity index (χ1n) is 14.1. The number of ketones is 2. The van der Waals surface area contributed by atoms with E-state index in [1.165, 1.54) is 52.5 Å². The highest BCUT2D eigenvalue weighted by atomic mass is 19.2. The Hall–Kier alpha value is -3.92. The van der Waals surface area contributed by atoms with Gasteiger partial charge in [0.15, 0.2) is 23.2 Å². The third kappa shape index (κ3) is 11.6. The van der Waals surface area contributed by atoms with Crippen molar-refractivity contribution < 1.29 is 18.4 Å². The monoisotopic (exact) mass is 558 g/mol. The topological polar surface area (TPSA) is 34.1 Å². The molecule has 2 aromatic carbocycles. The zero-order valence-corrected chi connectivity index (χ0v) is 25.6. The molecule has 0 aliphatic heterocycles. The zero-order chi connectivity index (χ0) is 30.9. The van der Waals surface area contributed by atoms with E-state index in [1.807, 2.05) is 6.08 Å². The van der Waals surface area contributed by atoms with Crippen molar-refractivity contribution in [3.8, 4) is 0 Å². The van der Waals surface area contributed by atoms with Gasteiger partial charge in [0.25, 0.3) is 0 Å². The highest BCUT2D eigenvalue weighted by molar-refractivity contribution is 6.19. The summed E-state index contributed by atoms with van der Waals surface area (Å²) in [6, 6.07) is 12.3. The first-order chi connectivity index (χ1) is 19.5. The molecule has 0 bridgehead atoms. The van der Waals surface area contributed by atoms with E-state index in [0.29, 0.717) is 5.56 Å². The Labute approximate surface area is 245 Å². The van der Waals surface area contributed by atoms with E-state index in [2.05, 4.69) is 77.6 Å². The average molecular weight is 559 g/mol. The van der Waals surface area contributed by atoms with Crippen LogP contribution >= 0.6 is 0 Å². The van der Waals surface area contributed by atoms with Gasteiger partial charge in [0.05, 0.1) is 5.57 Å². The SMILES string of the molecule is C/C=C\C=C(\C(C)=O)C(=O)CCc1ccc(F)c(F)c1.C=C/C(=C\C(=C(C)C)/C(=C\C)c1cccc(CC)c1)CC. The van der Waals surface area contributed by atoms with E-state index in [4.69, 9.17) is 0 Å². The Balaban J connectivity index is 0.000000410. The van der Waals surface area contributed by atoms with Crippen LogP contribution in [0.1, 0.15) is 78.0 Å². The summed E-state index contributed by atoms with van der Waals surface area (Å²) in [5, 5.41) is 0. The van der Waals surface area contributed by atoms with Crippen molar-refractivity contribution >= 4 is 17.1 Å².